The normalized spacial score (nSPS) is 22.3. The first-order valence-electron chi connectivity index (χ1n) is 6.53. The van der Waals surface area contributed by atoms with Crippen LogP contribution in [0.15, 0.2) is 36.1 Å². The molecule has 2 aliphatic rings. The van der Waals surface area contributed by atoms with Gasteiger partial charge in [-0.15, -0.1) is 0 Å². The fourth-order valence-electron chi connectivity index (χ4n) is 2.53. The molecule has 98 valence electrons. The standard InChI is InChI=1S/C15H15NO3/c1-10-5-4-6-11(9-10)19-16-14(17)12-7-2-3-8-13(12)15(16)18/h2-3,7-10H,4-6H2,1H3. The molecule has 1 aliphatic heterocycles. The monoisotopic (exact) mass is 257 g/mol. The lowest BCUT2D eigenvalue weighted by Gasteiger charge is -2.21. The van der Waals surface area contributed by atoms with Gasteiger partial charge in [-0.05, 0) is 37.0 Å². The van der Waals surface area contributed by atoms with Crippen molar-refractivity contribution in [3.05, 3.63) is 47.2 Å². The first-order chi connectivity index (χ1) is 9.16. The summed E-state index contributed by atoms with van der Waals surface area (Å²) in [5.41, 5.74) is 0.828. The molecule has 0 bridgehead atoms. The van der Waals surface area contributed by atoms with E-state index in [0.717, 1.165) is 24.3 Å². The first kappa shape index (κ1) is 12.0. The Morgan fingerprint density at radius 1 is 1.16 bits per heavy atom. The van der Waals surface area contributed by atoms with Gasteiger partial charge < -0.3 is 4.84 Å². The summed E-state index contributed by atoms with van der Waals surface area (Å²) < 4.78 is 0. The van der Waals surface area contributed by atoms with E-state index in [4.69, 9.17) is 4.84 Å². The van der Waals surface area contributed by atoms with Gasteiger partial charge in [0.2, 0.25) is 0 Å². The van der Waals surface area contributed by atoms with E-state index >= 15 is 0 Å². The van der Waals surface area contributed by atoms with E-state index in [1.54, 1.807) is 24.3 Å². The lowest BCUT2D eigenvalue weighted by molar-refractivity contribution is -0.0608. The summed E-state index contributed by atoms with van der Waals surface area (Å²) in [6, 6.07) is 6.79. The van der Waals surface area contributed by atoms with Crippen LogP contribution >= 0.6 is 0 Å². The number of hydroxylamine groups is 2. The van der Waals surface area contributed by atoms with Crippen LogP contribution in [0.2, 0.25) is 0 Å². The largest absolute Gasteiger partial charge is 0.373 e. The van der Waals surface area contributed by atoms with Gasteiger partial charge in [0.1, 0.15) is 5.76 Å². The molecule has 1 heterocycles. The summed E-state index contributed by atoms with van der Waals surface area (Å²) in [6.45, 7) is 2.10. The summed E-state index contributed by atoms with van der Waals surface area (Å²) in [4.78, 5) is 29.8. The van der Waals surface area contributed by atoms with Crippen LogP contribution < -0.4 is 0 Å². The molecule has 1 aliphatic carbocycles. The molecule has 0 fully saturated rings. The second kappa shape index (κ2) is 4.53. The van der Waals surface area contributed by atoms with E-state index in [1.165, 1.54) is 0 Å². The van der Waals surface area contributed by atoms with Crippen LogP contribution in [0.1, 0.15) is 46.9 Å². The van der Waals surface area contributed by atoms with E-state index in [1.807, 2.05) is 6.08 Å². The van der Waals surface area contributed by atoms with E-state index in [0.29, 0.717) is 22.8 Å². The van der Waals surface area contributed by atoms with E-state index in [2.05, 4.69) is 6.92 Å². The van der Waals surface area contributed by atoms with Gasteiger partial charge in [-0.3, -0.25) is 9.59 Å². The molecule has 0 radical (unpaired) electrons. The molecule has 19 heavy (non-hydrogen) atoms. The lowest BCUT2D eigenvalue weighted by Crippen LogP contribution is -2.30. The Morgan fingerprint density at radius 3 is 2.37 bits per heavy atom. The number of carbonyl (C=O) groups is 2. The number of carbonyl (C=O) groups excluding carboxylic acids is 2. The maximum Gasteiger partial charge on any atom is 0.295 e. The third kappa shape index (κ3) is 2.03. The Kier molecular flexibility index (Phi) is 2.85. The first-order valence-corrected chi connectivity index (χ1v) is 6.53. The third-order valence-corrected chi connectivity index (χ3v) is 3.52. The molecule has 0 N–H and O–H groups in total. The van der Waals surface area contributed by atoms with Crippen LogP contribution in [-0.2, 0) is 4.84 Å². The zero-order chi connectivity index (χ0) is 13.4. The van der Waals surface area contributed by atoms with Crippen LogP contribution in [0, 0.1) is 5.92 Å². The molecule has 1 aromatic rings. The Bertz CT molecular complexity index is 542. The highest BCUT2D eigenvalue weighted by Gasteiger charge is 2.37. The summed E-state index contributed by atoms with van der Waals surface area (Å²) in [7, 11) is 0. The van der Waals surface area contributed by atoms with Gasteiger partial charge in [0.05, 0.1) is 11.1 Å². The number of nitrogens with zero attached hydrogens (tertiary/aromatic N) is 1. The predicted molar refractivity (Wildman–Crippen MR) is 69.1 cm³/mol. The van der Waals surface area contributed by atoms with Gasteiger partial charge in [0.15, 0.2) is 0 Å². The SMILES string of the molecule is CC1C=C(ON2C(=O)c3ccccc3C2=O)CCC1. The molecule has 4 heteroatoms. The molecule has 1 atom stereocenters. The Balaban J connectivity index is 1.85. The number of rotatable bonds is 2. The topological polar surface area (TPSA) is 46.6 Å². The molecule has 1 aromatic carbocycles. The van der Waals surface area contributed by atoms with Crippen LogP contribution in [0.25, 0.3) is 0 Å². The summed E-state index contributed by atoms with van der Waals surface area (Å²) in [5, 5.41) is 0.883. The Hall–Kier alpha value is -2.10. The van der Waals surface area contributed by atoms with Crippen molar-refractivity contribution in [1.82, 2.24) is 5.06 Å². The smallest absolute Gasteiger partial charge is 0.295 e. The average Bonchev–Trinajstić information content (AvgIpc) is 2.65. The zero-order valence-electron chi connectivity index (χ0n) is 10.8. The fourth-order valence-corrected chi connectivity index (χ4v) is 2.53. The molecule has 3 rings (SSSR count). The van der Waals surface area contributed by atoms with Crippen LogP contribution in [0.4, 0.5) is 0 Å². The molecule has 0 saturated heterocycles. The van der Waals surface area contributed by atoms with Crippen molar-refractivity contribution in [2.24, 2.45) is 5.92 Å². The quantitative estimate of drug-likeness (QED) is 0.765. The lowest BCUT2D eigenvalue weighted by atomic mass is 9.97. The maximum absolute atomic E-state index is 12.1. The van der Waals surface area contributed by atoms with Gasteiger partial charge in [-0.25, -0.2) is 0 Å². The Morgan fingerprint density at radius 2 is 1.79 bits per heavy atom. The number of fused-ring (bicyclic) bond motifs is 1. The van der Waals surface area contributed by atoms with Gasteiger partial charge in [-0.1, -0.05) is 24.1 Å². The fraction of sp³-hybridized carbons (Fsp3) is 0.333. The summed E-state index contributed by atoms with van der Waals surface area (Å²) in [6.07, 6.45) is 4.91. The van der Waals surface area contributed by atoms with Gasteiger partial charge in [0, 0.05) is 6.42 Å². The van der Waals surface area contributed by atoms with Crippen molar-refractivity contribution in [1.29, 1.82) is 0 Å². The Labute approximate surface area is 111 Å². The molecular formula is C15H15NO3. The number of amides is 2. The number of hydrogen-bond acceptors (Lipinski definition) is 3. The van der Waals surface area contributed by atoms with Crippen LogP contribution in [0.3, 0.4) is 0 Å². The molecule has 0 spiro atoms. The summed E-state index contributed by atoms with van der Waals surface area (Å²) >= 11 is 0. The highest BCUT2D eigenvalue weighted by Crippen LogP contribution is 2.28. The van der Waals surface area contributed by atoms with Crippen LogP contribution in [-0.4, -0.2) is 16.9 Å². The second-order valence-corrected chi connectivity index (χ2v) is 5.04. The number of benzene rings is 1. The minimum atomic E-state index is -0.375. The average molecular weight is 257 g/mol. The molecule has 1 unspecified atom stereocenters. The van der Waals surface area contributed by atoms with E-state index in [-0.39, 0.29) is 11.8 Å². The minimum absolute atomic E-state index is 0.375. The second-order valence-electron chi connectivity index (χ2n) is 5.04. The van der Waals surface area contributed by atoms with Crippen LogP contribution in [0.5, 0.6) is 0 Å². The summed E-state index contributed by atoms with van der Waals surface area (Å²) in [5.74, 6) is 0.395. The van der Waals surface area contributed by atoms with Gasteiger partial charge in [-0.2, -0.15) is 0 Å². The zero-order valence-corrected chi connectivity index (χ0v) is 10.8. The van der Waals surface area contributed by atoms with Gasteiger partial charge in [0.25, 0.3) is 11.8 Å². The van der Waals surface area contributed by atoms with Gasteiger partial charge >= 0.3 is 0 Å². The molecule has 4 nitrogen and oxygen atoms in total. The van der Waals surface area contributed by atoms with Crippen molar-refractivity contribution in [3.8, 4) is 0 Å². The van der Waals surface area contributed by atoms with Crippen molar-refractivity contribution >= 4 is 11.8 Å². The highest BCUT2D eigenvalue weighted by atomic mass is 16.7. The van der Waals surface area contributed by atoms with Crippen molar-refractivity contribution in [2.75, 3.05) is 0 Å². The number of hydrogen-bond donors (Lipinski definition) is 0. The van der Waals surface area contributed by atoms with Crippen molar-refractivity contribution < 1.29 is 14.4 Å². The van der Waals surface area contributed by atoms with E-state index < -0.39 is 0 Å². The highest BCUT2D eigenvalue weighted by molar-refractivity contribution is 6.20. The molecule has 0 aromatic heterocycles. The molecular weight excluding hydrogens is 242 g/mol. The minimum Gasteiger partial charge on any atom is -0.373 e. The predicted octanol–water partition coefficient (Wildman–Crippen LogP) is 2.92. The van der Waals surface area contributed by atoms with Crippen molar-refractivity contribution in [3.63, 3.8) is 0 Å². The molecule has 2 amide bonds. The van der Waals surface area contributed by atoms with Crippen molar-refractivity contribution in [2.45, 2.75) is 26.2 Å². The number of allylic oxidation sites excluding steroid dienone is 2. The third-order valence-electron chi connectivity index (χ3n) is 3.52. The molecule has 0 saturated carbocycles. The maximum atomic E-state index is 12.1. The number of imide groups is 1. The van der Waals surface area contributed by atoms with E-state index in [9.17, 15) is 9.59 Å².